The summed E-state index contributed by atoms with van der Waals surface area (Å²) in [6.07, 6.45) is 4.75. The molecule has 1 aromatic carbocycles. The first-order valence-corrected chi connectivity index (χ1v) is 8.63. The molecule has 7 heteroatoms. The van der Waals surface area contributed by atoms with Crippen molar-refractivity contribution in [1.29, 1.82) is 0 Å². The van der Waals surface area contributed by atoms with Crippen LogP contribution in [-0.4, -0.2) is 18.0 Å². The molecule has 1 amide bonds. The van der Waals surface area contributed by atoms with E-state index in [1.165, 1.54) is 6.08 Å². The predicted octanol–water partition coefficient (Wildman–Crippen LogP) is 3.90. The van der Waals surface area contributed by atoms with Crippen LogP contribution in [0.25, 0.3) is 0 Å². The number of amides is 1. The number of ether oxygens (including phenoxy) is 1. The van der Waals surface area contributed by atoms with Gasteiger partial charge in [0.15, 0.2) is 5.96 Å². The number of benzene rings is 1. The Kier molecular flexibility index (Phi) is 6.58. The van der Waals surface area contributed by atoms with Crippen LogP contribution in [-0.2, 0) is 6.42 Å². The highest BCUT2D eigenvalue weighted by atomic mass is 35.5. The number of nitrogens with two attached hydrogens (primary N) is 2. The Labute approximate surface area is 162 Å². The van der Waals surface area contributed by atoms with Crippen LogP contribution in [0.2, 0.25) is 0 Å². The van der Waals surface area contributed by atoms with E-state index in [-0.39, 0.29) is 17.1 Å². The Morgan fingerprint density at radius 3 is 2.74 bits per heavy atom. The molecule has 5 nitrogen and oxygen atoms in total. The van der Waals surface area contributed by atoms with Crippen molar-refractivity contribution in [3.05, 3.63) is 76.1 Å². The van der Waals surface area contributed by atoms with E-state index in [0.717, 1.165) is 0 Å². The van der Waals surface area contributed by atoms with E-state index in [1.54, 1.807) is 31.2 Å². The van der Waals surface area contributed by atoms with Gasteiger partial charge < -0.3 is 16.2 Å². The molecule has 0 aliphatic carbocycles. The van der Waals surface area contributed by atoms with Crippen LogP contribution in [0.5, 0.6) is 5.75 Å². The number of carbonyl (C=O) groups is 1. The van der Waals surface area contributed by atoms with Gasteiger partial charge in [-0.2, -0.15) is 4.99 Å². The number of halogens is 2. The third-order valence-electron chi connectivity index (χ3n) is 3.93. The number of hydrogen-bond acceptors (Lipinski definition) is 2. The Balaban J connectivity index is 2.49. The fraction of sp³-hybridized carbons (Fsp3) is 0.200. The molecule has 1 heterocycles. The minimum Gasteiger partial charge on any atom is -0.486 e. The zero-order valence-electron chi connectivity index (χ0n) is 15.1. The minimum absolute atomic E-state index is 0.0706. The smallest absolute Gasteiger partial charge is 0.280 e. The maximum Gasteiger partial charge on any atom is 0.280 e. The lowest BCUT2D eigenvalue weighted by Gasteiger charge is -2.12. The van der Waals surface area contributed by atoms with E-state index < -0.39 is 11.7 Å². The summed E-state index contributed by atoms with van der Waals surface area (Å²) in [4.78, 5) is 15.6. The van der Waals surface area contributed by atoms with Crippen molar-refractivity contribution < 1.29 is 13.9 Å². The Morgan fingerprint density at radius 1 is 1.44 bits per heavy atom. The van der Waals surface area contributed by atoms with E-state index in [2.05, 4.69) is 11.6 Å². The number of allylic oxidation sites excluding steroid dienone is 6. The van der Waals surface area contributed by atoms with Gasteiger partial charge in [0.05, 0.1) is 5.03 Å². The molecule has 4 N–H and O–H groups in total. The first kappa shape index (κ1) is 20.5. The molecule has 0 saturated heterocycles. The zero-order valence-corrected chi connectivity index (χ0v) is 15.9. The molecule has 2 rings (SSSR count). The first-order valence-electron chi connectivity index (χ1n) is 8.25. The first-order chi connectivity index (χ1) is 12.8. The van der Waals surface area contributed by atoms with Crippen molar-refractivity contribution >= 4 is 23.5 Å². The molecule has 142 valence electrons. The summed E-state index contributed by atoms with van der Waals surface area (Å²) in [6, 6.07) is 4.90. The predicted molar refractivity (Wildman–Crippen MR) is 106 cm³/mol. The molecular formula is C20H21ClFN3O2. The van der Waals surface area contributed by atoms with Crippen molar-refractivity contribution in [2.45, 2.75) is 26.4 Å². The van der Waals surface area contributed by atoms with E-state index in [1.807, 2.05) is 13.0 Å². The molecule has 1 unspecified atom stereocenters. The summed E-state index contributed by atoms with van der Waals surface area (Å²) >= 11 is 5.91. The summed E-state index contributed by atoms with van der Waals surface area (Å²) in [5, 5.41) is -0.0706. The third kappa shape index (κ3) is 4.86. The molecule has 0 radical (unpaired) electrons. The number of rotatable bonds is 4. The van der Waals surface area contributed by atoms with Gasteiger partial charge in [0.1, 0.15) is 17.7 Å². The van der Waals surface area contributed by atoms with Crippen molar-refractivity contribution in [2.24, 2.45) is 16.5 Å². The molecule has 1 aliphatic heterocycles. The Bertz CT molecular complexity index is 896. The van der Waals surface area contributed by atoms with Crippen LogP contribution in [0.1, 0.15) is 29.8 Å². The average Bonchev–Trinajstić information content (AvgIpc) is 2.77. The van der Waals surface area contributed by atoms with Gasteiger partial charge in [0.25, 0.3) is 5.91 Å². The van der Waals surface area contributed by atoms with Gasteiger partial charge in [-0.05, 0) is 55.3 Å². The topological polar surface area (TPSA) is 90.7 Å². The van der Waals surface area contributed by atoms with E-state index in [4.69, 9.17) is 27.8 Å². The fourth-order valence-corrected chi connectivity index (χ4v) is 2.89. The largest absolute Gasteiger partial charge is 0.486 e. The molecule has 1 aromatic rings. The van der Waals surface area contributed by atoms with Crippen LogP contribution in [0, 0.1) is 0 Å². The van der Waals surface area contributed by atoms with Crippen LogP contribution in [0.4, 0.5) is 4.39 Å². The lowest BCUT2D eigenvalue weighted by Crippen LogP contribution is -2.24. The number of hydrogen-bond donors (Lipinski definition) is 2. The van der Waals surface area contributed by atoms with E-state index in [9.17, 15) is 9.18 Å². The summed E-state index contributed by atoms with van der Waals surface area (Å²) < 4.78 is 20.5. The van der Waals surface area contributed by atoms with Gasteiger partial charge in [-0.3, -0.25) is 4.79 Å². The molecule has 27 heavy (non-hydrogen) atoms. The van der Waals surface area contributed by atoms with Crippen LogP contribution in [0.3, 0.4) is 0 Å². The molecule has 1 aliphatic rings. The van der Waals surface area contributed by atoms with Gasteiger partial charge in [-0.15, -0.1) is 0 Å². The summed E-state index contributed by atoms with van der Waals surface area (Å²) in [5.41, 5.74) is 12.6. The molecule has 0 spiro atoms. The van der Waals surface area contributed by atoms with E-state index in [0.29, 0.717) is 34.4 Å². The van der Waals surface area contributed by atoms with Gasteiger partial charge >= 0.3 is 0 Å². The quantitative estimate of drug-likeness (QED) is 0.464. The SMILES string of the molecule is C=C/C(Cl)=C(F)\C(=C/C)C1=CC(C)Oc2ccc(C(=O)N=C(N)N)cc2C1. The molecule has 0 saturated carbocycles. The van der Waals surface area contributed by atoms with Crippen molar-refractivity contribution in [3.8, 4) is 5.75 Å². The molecule has 0 fully saturated rings. The van der Waals surface area contributed by atoms with E-state index >= 15 is 0 Å². The number of carbonyl (C=O) groups excluding carboxylic acids is 1. The van der Waals surface area contributed by atoms with Crippen molar-refractivity contribution in [3.63, 3.8) is 0 Å². The number of guanidine groups is 1. The second-order valence-electron chi connectivity index (χ2n) is 5.92. The second-order valence-corrected chi connectivity index (χ2v) is 6.33. The molecular weight excluding hydrogens is 369 g/mol. The van der Waals surface area contributed by atoms with Gasteiger partial charge in [0.2, 0.25) is 0 Å². The normalized spacial score (nSPS) is 17.6. The summed E-state index contributed by atoms with van der Waals surface area (Å²) in [5.74, 6) is -0.844. The average molecular weight is 390 g/mol. The van der Waals surface area contributed by atoms with Crippen LogP contribution < -0.4 is 16.2 Å². The maximum absolute atomic E-state index is 14.7. The van der Waals surface area contributed by atoms with Crippen molar-refractivity contribution in [1.82, 2.24) is 0 Å². The third-order valence-corrected chi connectivity index (χ3v) is 4.25. The molecule has 0 bridgehead atoms. The lowest BCUT2D eigenvalue weighted by atomic mass is 9.94. The van der Waals surface area contributed by atoms with Crippen molar-refractivity contribution in [2.75, 3.05) is 0 Å². The standard InChI is InChI=1S/C20H21ClFN3O2/c1-4-15(18(22)16(21)5-2)13-8-11(3)27-17-7-6-12(9-14(17)10-13)19(26)25-20(23)24/h4-9,11H,2,10H2,1,3H3,(H4,23,24,25,26)/b15-4-,18-16-. The second kappa shape index (κ2) is 8.68. The number of nitrogens with zero attached hydrogens (tertiary/aromatic N) is 1. The highest BCUT2D eigenvalue weighted by Gasteiger charge is 2.21. The lowest BCUT2D eigenvalue weighted by molar-refractivity contribution is 0.100. The summed E-state index contributed by atoms with van der Waals surface area (Å²) in [6.45, 7) is 7.06. The van der Waals surface area contributed by atoms with Gasteiger partial charge in [-0.1, -0.05) is 24.3 Å². The summed E-state index contributed by atoms with van der Waals surface area (Å²) in [7, 11) is 0. The van der Waals surface area contributed by atoms with Crippen LogP contribution >= 0.6 is 11.6 Å². The number of aliphatic imine (C=N–C) groups is 1. The highest BCUT2D eigenvalue weighted by molar-refractivity contribution is 6.31. The van der Waals surface area contributed by atoms with Crippen LogP contribution in [0.15, 0.2) is 70.0 Å². The Hall–Kier alpha value is -2.86. The number of fused-ring (bicyclic) bond motifs is 1. The maximum atomic E-state index is 14.7. The molecule has 1 atom stereocenters. The van der Waals surface area contributed by atoms with Gasteiger partial charge in [-0.25, -0.2) is 4.39 Å². The highest BCUT2D eigenvalue weighted by Crippen LogP contribution is 2.34. The monoisotopic (exact) mass is 389 g/mol. The minimum atomic E-state index is -0.566. The zero-order chi connectivity index (χ0) is 20.1. The molecule has 0 aromatic heterocycles. The van der Waals surface area contributed by atoms with Gasteiger partial charge in [0, 0.05) is 17.6 Å². The fourth-order valence-electron chi connectivity index (χ4n) is 2.79. The Morgan fingerprint density at radius 2 is 2.15 bits per heavy atom.